The number of rotatable bonds is 4. The van der Waals surface area contributed by atoms with Crippen molar-refractivity contribution in [3.05, 3.63) is 76.0 Å². The van der Waals surface area contributed by atoms with Crippen LogP contribution in [0.15, 0.2) is 64.6 Å². The topological polar surface area (TPSA) is 88.8 Å². The fraction of sp³-hybridized carbons (Fsp3) is 0.0455. The molecule has 0 atom stereocenters. The number of ether oxygens (including phenoxy) is 1. The van der Waals surface area contributed by atoms with Crippen LogP contribution in [0.4, 0.5) is 10.5 Å². The number of benzene rings is 2. The largest absolute Gasteiger partial charge is 0.497 e. The molecule has 1 saturated heterocycles. The highest BCUT2D eigenvalue weighted by molar-refractivity contribution is 6.39. The summed E-state index contributed by atoms with van der Waals surface area (Å²) < 4.78 is 10.8. The summed E-state index contributed by atoms with van der Waals surface area (Å²) in [6, 6.07) is 13.6. The Bertz CT molecular complexity index is 1230. The Morgan fingerprint density at radius 2 is 1.74 bits per heavy atom. The molecule has 9 heteroatoms. The number of nitrogens with zero attached hydrogens (tertiary/aromatic N) is 1. The summed E-state index contributed by atoms with van der Waals surface area (Å²) in [5, 5.41) is 3.07. The molecule has 0 unspecified atom stereocenters. The number of methoxy groups -OCH3 is 1. The number of carbonyl (C=O) groups is 3. The maximum Gasteiger partial charge on any atom is 0.335 e. The number of hydrogen-bond donors (Lipinski definition) is 1. The zero-order chi connectivity index (χ0) is 22.1. The first-order chi connectivity index (χ1) is 14.9. The molecule has 156 valence electrons. The lowest BCUT2D eigenvalue weighted by atomic mass is 10.1. The molecule has 0 bridgehead atoms. The predicted octanol–water partition coefficient (Wildman–Crippen LogP) is 4.93. The number of furan rings is 1. The van der Waals surface area contributed by atoms with Gasteiger partial charge in [0.15, 0.2) is 0 Å². The second-order valence-electron chi connectivity index (χ2n) is 6.48. The second-order valence-corrected chi connectivity index (χ2v) is 7.33. The van der Waals surface area contributed by atoms with Crippen LogP contribution in [0.1, 0.15) is 5.76 Å². The van der Waals surface area contributed by atoms with Crippen LogP contribution in [0.2, 0.25) is 10.0 Å². The SMILES string of the molecule is COc1ccc(N2C(=O)NC(=O)/C(=C\c3ccc(-c4cc(Cl)ccc4Cl)o3)C2=O)cc1. The minimum absolute atomic E-state index is 0.230. The number of halogens is 2. The molecule has 3 aromatic rings. The van der Waals surface area contributed by atoms with Crippen molar-refractivity contribution in [3.63, 3.8) is 0 Å². The molecule has 1 aliphatic heterocycles. The maximum absolute atomic E-state index is 12.9. The van der Waals surface area contributed by atoms with Crippen molar-refractivity contribution in [1.29, 1.82) is 0 Å². The maximum atomic E-state index is 12.9. The molecule has 0 aliphatic carbocycles. The number of amides is 4. The number of barbiturate groups is 1. The molecule has 7 nitrogen and oxygen atoms in total. The second kappa shape index (κ2) is 8.29. The van der Waals surface area contributed by atoms with Crippen LogP contribution in [0.5, 0.6) is 5.75 Å². The van der Waals surface area contributed by atoms with Gasteiger partial charge in [0, 0.05) is 10.6 Å². The van der Waals surface area contributed by atoms with Gasteiger partial charge >= 0.3 is 6.03 Å². The Kier molecular flexibility index (Phi) is 5.54. The van der Waals surface area contributed by atoms with E-state index in [2.05, 4.69) is 5.32 Å². The van der Waals surface area contributed by atoms with E-state index in [1.807, 2.05) is 0 Å². The van der Waals surface area contributed by atoms with Gasteiger partial charge in [-0.25, -0.2) is 9.69 Å². The molecule has 1 fully saturated rings. The van der Waals surface area contributed by atoms with E-state index in [1.54, 1.807) is 42.5 Å². The van der Waals surface area contributed by atoms with Gasteiger partial charge in [-0.15, -0.1) is 0 Å². The van der Waals surface area contributed by atoms with E-state index in [-0.39, 0.29) is 17.0 Å². The molecule has 1 aliphatic rings. The first kappa shape index (κ1) is 20.7. The Morgan fingerprint density at radius 3 is 2.45 bits per heavy atom. The number of imide groups is 2. The van der Waals surface area contributed by atoms with Crippen molar-refractivity contribution in [1.82, 2.24) is 5.32 Å². The monoisotopic (exact) mass is 456 g/mol. The van der Waals surface area contributed by atoms with Crippen LogP contribution < -0.4 is 15.0 Å². The summed E-state index contributed by atoms with van der Waals surface area (Å²) in [6.07, 6.45) is 1.27. The van der Waals surface area contributed by atoms with E-state index in [0.29, 0.717) is 27.1 Å². The summed E-state index contributed by atoms with van der Waals surface area (Å²) in [5.74, 6) is -0.404. The normalized spacial score (nSPS) is 15.4. The summed E-state index contributed by atoms with van der Waals surface area (Å²) >= 11 is 12.2. The van der Waals surface area contributed by atoms with Gasteiger partial charge in [-0.2, -0.15) is 0 Å². The van der Waals surface area contributed by atoms with Gasteiger partial charge in [0.05, 0.1) is 17.8 Å². The summed E-state index contributed by atoms with van der Waals surface area (Å²) in [6.45, 7) is 0. The molecule has 4 rings (SSSR count). The first-order valence-corrected chi connectivity index (χ1v) is 9.74. The predicted molar refractivity (Wildman–Crippen MR) is 116 cm³/mol. The van der Waals surface area contributed by atoms with Crippen molar-refractivity contribution < 1.29 is 23.5 Å². The van der Waals surface area contributed by atoms with Crippen LogP contribution in [0.3, 0.4) is 0 Å². The molecule has 4 amide bonds. The van der Waals surface area contributed by atoms with Crippen molar-refractivity contribution >= 4 is 52.8 Å². The molecule has 2 aromatic carbocycles. The summed E-state index contributed by atoms with van der Waals surface area (Å²) in [4.78, 5) is 38.4. The lowest BCUT2D eigenvalue weighted by Crippen LogP contribution is -2.54. The van der Waals surface area contributed by atoms with E-state index < -0.39 is 17.8 Å². The molecule has 1 aromatic heterocycles. The van der Waals surface area contributed by atoms with Gasteiger partial charge in [0.1, 0.15) is 22.8 Å². The Labute approximate surface area is 186 Å². The average Bonchev–Trinajstić information content (AvgIpc) is 3.21. The molecule has 0 spiro atoms. The van der Waals surface area contributed by atoms with Crippen molar-refractivity contribution in [3.8, 4) is 17.1 Å². The molecular weight excluding hydrogens is 443 g/mol. The van der Waals surface area contributed by atoms with Gasteiger partial charge in [-0.3, -0.25) is 14.9 Å². The smallest absolute Gasteiger partial charge is 0.335 e. The molecule has 0 radical (unpaired) electrons. The molecule has 0 saturated carbocycles. The van der Waals surface area contributed by atoms with Crippen LogP contribution in [-0.4, -0.2) is 25.0 Å². The fourth-order valence-electron chi connectivity index (χ4n) is 3.03. The van der Waals surface area contributed by atoms with Crippen LogP contribution in [-0.2, 0) is 9.59 Å². The van der Waals surface area contributed by atoms with Gasteiger partial charge < -0.3 is 9.15 Å². The molecule has 1 N–H and O–H groups in total. The number of nitrogens with one attached hydrogen (secondary N) is 1. The lowest BCUT2D eigenvalue weighted by Gasteiger charge is -2.26. The van der Waals surface area contributed by atoms with Gasteiger partial charge in [0.25, 0.3) is 11.8 Å². The summed E-state index contributed by atoms with van der Waals surface area (Å²) in [7, 11) is 1.50. The fourth-order valence-corrected chi connectivity index (χ4v) is 3.41. The number of carbonyl (C=O) groups excluding carboxylic acids is 3. The molecular formula is C22H14Cl2N2O5. The third kappa shape index (κ3) is 4.05. The van der Waals surface area contributed by atoms with Crippen molar-refractivity contribution in [2.75, 3.05) is 12.0 Å². The number of urea groups is 1. The number of anilines is 1. The number of hydrogen-bond acceptors (Lipinski definition) is 5. The van der Waals surface area contributed by atoms with Crippen LogP contribution >= 0.6 is 23.2 Å². The third-order valence-corrected chi connectivity index (χ3v) is 5.10. The van der Waals surface area contributed by atoms with Gasteiger partial charge in [0.2, 0.25) is 0 Å². The average molecular weight is 457 g/mol. The van der Waals surface area contributed by atoms with E-state index in [4.69, 9.17) is 32.4 Å². The summed E-state index contributed by atoms with van der Waals surface area (Å²) in [5.41, 5.74) is 0.592. The van der Waals surface area contributed by atoms with Gasteiger partial charge in [-0.1, -0.05) is 23.2 Å². The minimum atomic E-state index is -0.844. The Balaban J connectivity index is 1.67. The highest BCUT2D eigenvalue weighted by Crippen LogP contribution is 2.32. The van der Waals surface area contributed by atoms with E-state index >= 15 is 0 Å². The Morgan fingerprint density at radius 1 is 1.00 bits per heavy atom. The van der Waals surface area contributed by atoms with Crippen molar-refractivity contribution in [2.45, 2.75) is 0 Å². The first-order valence-electron chi connectivity index (χ1n) is 8.98. The lowest BCUT2D eigenvalue weighted by molar-refractivity contribution is -0.122. The van der Waals surface area contributed by atoms with E-state index in [0.717, 1.165) is 4.90 Å². The third-order valence-electron chi connectivity index (χ3n) is 4.54. The van der Waals surface area contributed by atoms with Gasteiger partial charge in [-0.05, 0) is 60.7 Å². The van der Waals surface area contributed by atoms with Crippen molar-refractivity contribution in [2.24, 2.45) is 0 Å². The Hall–Kier alpha value is -3.55. The van der Waals surface area contributed by atoms with Crippen LogP contribution in [0.25, 0.3) is 17.4 Å². The zero-order valence-electron chi connectivity index (χ0n) is 16.0. The molecule has 31 heavy (non-hydrogen) atoms. The quantitative estimate of drug-likeness (QED) is 0.444. The van der Waals surface area contributed by atoms with E-state index in [1.165, 1.54) is 25.3 Å². The zero-order valence-corrected chi connectivity index (χ0v) is 17.5. The minimum Gasteiger partial charge on any atom is -0.497 e. The van der Waals surface area contributed by atoms with E-state index in [9.17, 15) is 14.4 Å². The highest BCUT2D eigenvalue weighted by Gasteiger charge is 2.37. The highest BCUT2D eigenvalue weighted by atomic mass is 35.5. The molecule has 2 heterocycles. The van der Waals surface area contributed by atoms with Crippen LogP contribution in [0, 0.1) is 0 Å². The standard InChI is InChI=1S/C22H14Cl2N2O5/c1-30-14-5-3-13(4-6-14)26-21(28)17(20(27)25-22(26)29)11-15-7-9-19(31-15)16-10-12(23)2-8-18(16)24/h2-11H,1H3,(H,25,27,29)/b17-11+.